The molecule has 0 aliphatic rings. The molecule has 0 spiro atoms. The molecule has 0 saturated heterocycles. The Kier molecular flexibility index (Phi) is 6.32. The first-order chi connectivity index (χ1) is 13.4. The molecule has 1 aromatic heterocycles. The summed E-state index contributed by atoms with van der Waals surface area (Å²) in [6.07, 6.45) is 1.93. The molecule has 10 heteroatoms. The Bertz CT molecular complexity index is 1080. The zero-order valence-corrected chi connectivity index (χ0v) is 17.5. The standard InChI is InChI=1S/C18H17N3O4S3/c1-25-15-10-12(26-2)8-9-14(15)17(22)19-18-21-20-16(27-18)11-28(23,24)13-6-4-3-5-7-13/h3-10H,11H2,1-2H3,(H,19,21,22). The molecule has 0 aliphatic heterocycles. The van der Waals surface area contributed by atoms with Crippen molar-refractivity contribution in [1.82, 2.24) is 10.2 Å². The molecule has 3 aromatic rings. The molecule has 0 saturated carbocycles. The van der Waals surface area contributed by atoms with Crippen LogP contribution in [0.5, 0.6) is 5.75 Å². The van der Waals surface area contributed by atoms with Gasteiger partial charge in [0.25, 0.3) is 5.91 Å². The maximum Gasteiger partial charge on any atom is 0.261 e. The van der Waals surface area contributed by atoms with Crippen LogP contribution in [-0.2, 0) is 15.6 Å². The maximum absolute atomic E-state index is 12.5. The Labute approximate surface area is 171 Å². The number of methoxy groups -OCH3 is 1. The summed E-state index contributed by atoms with van der Waals surface area (Å²) in [5.41, 5.74) is 0.356. The minimum atomic E-state index is -3.53. The van der Waals surface area contributed by atoms with Crippen LogP contribution in [0.2, 0.25) is 0 Å². The van der Waals surface area contributed by atoms with Gasteiger partial charge in [0.2, 0.25) is 5.13 Å². The molecule has 1 amide bonds. The molecule has 0 bridgehead atoms. The topological polar surface area (TPSA) is 98.2 Å². The Morgan fingerprint density at radius 3 is 2.61 bits per heavy atom. The van der Waals surface area contributed by atoms with Crippen LogP contribution < -0.4 is 10.1 Å². The third-order valence-electron chi connectivity index (χ3n) is 3.76. The van der Waals surface area contributed by atoms with Crippen LogP contribution in [0.25, 0.3) is 0 Å². The number of hydrogen-bond donors (Lipinski definition) is 1. The van der Waals surface area contributed by atoms with Crippen molar-refractivity contribution in [2.45, 2.75) is 15.5 Å². The van der Waals surface area contributed by atoms with Crippen molar-refractivity contribution in [2.24, 2.45) is 0 Å². The highest BCUT2D eigenvalue weighted by Gasteiger charge is 2.20. The van der Waals surface area contributed by atoms with Crippen LogP contribution in [0, 0.1) is 0 Å². The number of benzene rings is 2. The first-order valence-corrected chi connectivity index (χ1v) is 11.8. The van der Waals surface area contributed by atoms with E-state index in [1.54, 1.807) is 42.1 Å². The van der Waals surface area contributed by atoms with Gasteiger partial charge < -0.3 is 4.74 Å². The summed E-state index contributed by atoms with van der Waals surface area (Å²) in [7, 11) is -2.03. The van der Waals surface area contributed by atoms with E-state index < -0.39 is 15.7 Å². The smallest absolute Gasteiger partial charge is 0.261 e. The highest BCUT2D eigenvalue weighted by atomic mass is 32.2. The van der Waals surface area contributed by atoms with E-state index in [1.165, 1.54) is 19.2 Å². The van der Waals surface area contributed by atoms with Gasteiger partial charge in [-0.15, -0.1) is 22.0 Å². The lowest BCUT2D eigenvalue weighted by Gasteiger charge is -2.09. The van der Waals surface area contributed by atoms with Gasteiger partial charge in [-0.1, -0.05) is 29.5 Å². The number of nitrogens with one attached hydrogen (secondary N) is 1. The molecule has 146 valence electrons. The molecule has 7 nitrogen and oxygen atoms in total. The highest BCUT2D eigenvalue weighted by molar-refractivity contribution is 7.98. The third kappa shape index (κ3) is 4.70. The fourth-order valence-electron chi connectivity index (χ4n) is 2.39. The van der Waals surface area contributed by atoms with Crippen molar-refractivity contribution in [3.63, 3.8) is 0 Å². The maximum atomic E-state index is 12.5. The van der Waals surface area contributed by atoms with Gasteiger partial charge in [-0.2, -0.15) is 0 Å². The number of amides is 1. The molecule has 28 heavy (non-hydrogen) atoms. The Morgan fingerprint density at radius 2 is 1.93 bits per heavy atom. The fourth-order valence-corrected chi connectivity index (χ4v) is 5.17. The second kappa shape index (κ2) is 8.72. The molecule has 0 fully saturated rings. The minimum Gasteiger partial charge on any atom is -0.496 e. The second-order valence-electron chi connectivity index (χ2n) is 5.59. The molecular formula is C18H17N3O4S3. The lowest BCUT2D eigenvalue weighted by molar-refractivity contribution is 0.102. The first kappa shape index (κ1) is 20.3. The number of thioether (sulfide) groups is 1. The van der Waals surface area contributed by atoms with E-state index in [-0.39, 0.29) is 15.8 Å². The zero-order chi connectivity index (χ0) is 20.1. The predicted octanol–water partition coefficient (Wildman–Crippen LogP) is 3.49. The summed E-state index contributed by atoms with van der Waals surface area (Å²) in [4.78, 5) is 13.7. The zero-order valence-electron chi connectivity index (χ0n) is 15.1. The van der Waals surface area contributed by atoms with Gasteiger partial charge in [0.05, 0.1) is 17.6 Å². The van der Waals surface area contributed by atoms with Gasteiger partial charge in [0, 0.05) is 4.90 Å². The Morgan fingerprint density at radius 1 is 1.18 bits per heavy atom. The average Bonchev–Trinajstić information content (AvgIpc) is 3.13. The SMILES string of the molecule is COc1cc(SC)ccc1C(=O)Nc1nnc(CS(=O)(=O)c2ccccc2)s1. The fraction of sp³-hybridized carbons (Fsp3) is 0.167. The number of hydrogen-bond acceptors (Lipinski definition) is 8. The summed E-state index contributed by atoms with van der Waals surface area (Å²) >= 11 is 2.56. The number of nitrogens with zero attached hydrogens (tertiary/aromatic N) is 2. The van der Waals surface area contributed by atoms with Gasteiger partial charge in [-0.25, -0.2) is 8.42 Å². The lowest BCUT2D eigenvalue weighted by atomic mass is 10.2. The highest BCUT2D eigenvalue weighted by Crippen LogP contribution is 2.27. The number of carbonyl (C=O) groups is 1. The summed E-state index contributed by atoms with van der Waals surface area (Å²) in [6, 6.07) is 13.4. The number of anilines is 1. The van der Waals surface area contributed by atoms with Crippen LogP contribution in [0.4, 0.5) is 5.13 Å². The average molecular weight is 436 g/mol. The summed E-state index contributed by atoms with van der Waals surface area (Å²) in [6.45, 7) is 0. The number of sulfone groups is 1. The van der Waals surface area contributed by atoms with Crippen molar-refractivity contribution >= 4 is 44.0 Å². The van der Waals surface area contributed by atoms with Crippen LogP contribution >= 0.6 is 23.1 Å². The Hall–Kier alpha value is -2.43. The van der Waals surface area contributed by atoms with Crippen molar-refractivity contribution in [1.29, 1.82) is 0 Å². The van der Waals surface area contributed by atoms with E-state index in [1.807, 2.05) is 12.3 Å². The quantitative estimate of drug-likeness (QED) is 0.567. The molecule has 0 atom stereocenters. The number of carbonyl (C=O) groups excluding carboxylic acids is 1. The summed E-state index contributed by atoms with van der Waals surface area (Å²) in [5.74, 6) is -0.241. The van der Waals surface area contributed by atoms with Crippen molar-refractivity contribution in [3.05, 3.63) is 59.1 Å². The largest absolute Gasteiger partial charge is 0.496 e. The molecule has 0 radical (unpaired) electrons. The molecule has 1 N–H and O–H groups in total. The molecule has 0 unspecified atom stereocenters. The van der Waals surface area contributed by atoms with Crippen LogP contribution in [-0.4, -0.2) is 37.9 Å². The van der Waals surface area contributed by atoms with Crippen molar-refractivity contribution in [2.75, 3.05) is 18.7 Å². The van der Waals surface area contributed by atoms with E-state index in [0.29, 0.717) is 16.3 Å². The molecule has 3 rings (SSSR count). The van der Waals surface area contributed by atoms with Gasteiger partial charge in [0.15, 0.2) is 9.84 Å². The van der Waals surface area contributed by atoms with E-state index in [4.69, 9.17) is 4.74 Å². The molecule has 1 heterocycles. The van der Waals surface area contributed by atoms with Crippen molar-refractivity contribution < 1.29 is 17.9 Å². The van der Waals surface area contributed by atoms with E-state index in [0.717, 1.165) is 16.2 Å². The lowest BCUT2D eigenvalue weighted by Crippen LogP contribution is -2.13. The van der Waals surface area contributed by atoms with E-state index in [2.05, 4.69) is 15.5 Å². The van der Waals surface area contributed by atoms with Gasteiger partial charge in [0.1, 0.15) is 16.5 Å². The first-order valence-electron chi connectivity index (χ1n) is 8.06. The monoisotopic (exact) mass is 435 g/mol. The van der Waals surface area contributed by atoms with Crippen molar-refractivity contribution in [3.8, 4) is 5.75 Å². The number of ether oxygens (including phenoxy) is 1. The second-order valence-corrected chi connectivity index (χ2v) is 9.52. The normalized spacial score (nSPS) is 11.2. The van der Waals surface area contributed by atoms with Gasteiger partial charge in [-0.05, 0) is 36.6 Å². The molecule has 0 aliphatic carbocycles. The minimum absolute atomic E-state index is 0.217. The van der Waals surface area contributed by atoms with Gasteiger partial charge >= 0.3 is 0 Å². The number of aromatic nitrogens is 2. The summed E-state index contributed by atoms with van der Waals surface area (Å²) in [5, 5.41) is 10.9. The van der Waals surface area contributed by atoms with E-state index >= 15 is 0 Å². The summed E-state index contributed by atoms with van der Waals surface area (Å²) < 4.78 is 30.1. The molecular weight excluding hydrogens is 418 g/mol. The van der Waals surface area contributed by atoms with E-state index in [9.17, 15) is 13.2 Å². The van der Waals surface area contributed by atoms with Gasteiger partial charge in [-0.3, -0.25) is 10.1 Å². The molecule has 2 aromatic carbocycles. The third-order valence-corrected chi connectivity index (χ3v) is 7.15. The van der Waals surface area contributed by atoms with Crippen LogP contribution in [0.1, 0.15) is 15.4 Å². The van der Waals surface area contributed by atoms with Crippen LogP contribution in [0.15, 0.2) is 58.3 Å². The number of rotatable bonds is 7. The van der Waals surface area contributed by atoms with Crippen LogP contribution in [0.3, 0.4) is 0 Å². The Balaban J connectivity index is 1.74. The predicted molar refractivity (Wildman–Crippen MR) is 110 cm³/mol.